The first kappa shape index (κ1) is 25.9. The minimum atomic E-state index is -0.382. The van der Waals surface area contributed by atoms with Crippen molar-refractivity contribution in [1.82, 2.24) is 0 Å². The van der Waals surface area contributed by atoms with Crippen LogP contribution < -0.4 is 0 Å². The molecule has 0 aromatic carbocycles. The zero-order chi connectivity index (χ0) is 16.5. The van der Waals surface area contributed by atoms with E-state index in [2.05, 4.69) is 9.99 Å². The fourth-order valence-corrected chi connectivity index (χ4v) is 2.49. The van der Waals surface area contributed by atoms with Crippen molar-refractivity contribution < 1.29 is 17.4 Å². The van der Waals surface area contributed by atoms with Gasteiger partial charge in [-0.05, 0) is 6.42 Å². The van der Waals surface area contributed by atoms with Gasteiger partial charge in [0, 0.05) is 0 Å². The molecule has 0 aromatic heterocycles. The van der Waals surface area contributed by atoms with E-state index in [0.29, 0.717) is 6.61 Å². The van der Waals surface area contributed by atoms with Gasteiger partial charge < -0.3 is 7.80 Å². The summed E-state index contributed by atoms with van der Waals surface area (Å²) in [5.74, 6) is -0.693. The summed E-state index contributed by atoms with van der Waals surface area (Å²) in [5, 5.41) is 0. The van der Waals surface area contributed by atoms with E-state index in [0.717, 1.165) is 12.8 Å². The van der Waals surface area contributed by atoms with E-state index in [1.807, 2.05) is 0 Å². The number of halogens is 1. The van der Waals surface area contributed by atoms with Crippen molar-refractivity contribution >= 4 is 64.5 Å². The summed E-state index contributed by atoms with van der Waals surface area (Å²) in [6.45, 7) is 2.71. The molecule has 0 fully saturated rings. The Balaban J connectivity index is 0. The summed E-state index contributed by atoms with van der Waals surface area (Å²) in [5.41, 5.74) is 0. The predicted octanol–water partition coefficient (Wildman–Crippen LogP) is 4.87. The average Bonchev–Trinajstić information content (AvgIpc) is 2.53. The number of esters is 1. The van der Waals surface area contributed by atoms with Gasteiger partial charge >= 0.3 is 41.5 Å². The average molecular weight is 450 g/mol. The number of carbonyl (C=O) groups excluding carboxylic acids is 2. The van der Waals surface area contributed by atoms with Crippen molar-refractivity contribution in [3.05, 3.63) is 0 Å². The van der Waals surface area contributed by atoms with E-state index in [1.165, 1.54) is 80.8 Å². The van der Waals surface area contributed by atoms with Crippen molar-refractivity contribution in [3.63, 3.8) is 0 Å². The Morgan fingerprint density at radius 3 is 1.65 bits per heavy atom. The normalized spacial score (nSPS) is 10.0. The Morgan fingerprint density at radius 2 is 1.17 bits per heavy atom. The second kappa shape index (κ2) is 20.7. The van der Waals surface area contributed by atoms with E-state index in [9.17, 15) is 9.59 Å². The van der Waals surface area contributed by atoms with E-state index in [4.69, 9.17) is 4.74 Å². The minimum absolute atomic E-state index is 0. The van der Waals surface area contributed by atoms with Crippen LogP contribution in [0.25, 0.3) is 0 Å². The second-order valence-corrected chi connectivity index (χ2v) is 6.15. The second-order valence-electron chi connectivity index (χ2n) is 5.71. The van der Waals surface area contributed by atoms with Gasteiger partial charge in [0.1, 0.15) is 0 Å². The maximum atomic E-state index is 11.3. The molecule has 0 rings (SSSR count). The SMILES string of the molecule is CCCCCCCCCCCCCOC(=O)CCC(=O)OI.[NaH]. The Bertz CT molecular complexity index is 288. The van der Waals surface area contributed by atoms with Gasteiger partial charge in [0.15, 0.2) is 23.0 Å². The van der Waals surface area contributed by atoms with Gasteiger partial charge in [0.05, 0.1) is 19.4 Å². The van der Waals surface area contributed by atoms with E-state index < -0.39 is 0 Å². The molecule has 0 aliphatic heterocycles. The molecule has 132 valence electrons. The first-order valence-corrected chi connectivity index (χ1v) is 9.55. The molecule has 0 saturated carbocycles. The number of hydrogen-bond donors (Lipinski definition) is 0. The third-order valence-electron chi connectivity index (χ3n) is 3.63. The Hall–Kier alpha value is 0.670. The fourth-order valence-electron chi connectivity index (χ4n) is 2.27. The molecule has 0 amide bonds. The van der Waals surface area contributed by atoms with Crippen LogP contribution in [0.5, 0.6) is 0 Å². The maximum absolute atomic E-state index is 11.3. The Morgan fingerprint density at radius 1 is 0.739 bits per heavy atom. The van der Waals surface area contributed by atoms with Crippen LogP contribution in [0.1, 0.15) is 90.4 Å². The van der Waals surface area contributed by atoms with Crippen molar-refractivity contribution in [1.29, 1.82) is 0 Å². The van der Waals surface area contributed by atoms with Gasteiger partial charge in [0.2, 0.25) is 0 Å². The molecule has 0 atom stereocenters. The Labute approximate surface area is 177 Å². The molecule has 6 heteroatoms. The first-order valence-electron chi connectivity index (χ1n) is 8.67. The molecule has 4 nitrogen and oxygen atoms in total. The van der Waals surface area contributed by atoms with Gasteiger partial charge in [-0.2, -0.15) is 0 Å². The molecule has 23 heavy (non-hydrogen) atoms. The zero-order valence-electron chi connectivity index (χ0n) is 13.9. The summed E-state index contributed by atoms with van der Waals surface area (Å²) in [7, 11) is 0. The van der Waals surface area contributed by atoms with E-state index >= 15 is 0 Å². The van der Waals surface area contributed by atoms with Crippen molar-refractivity contribution in [2.45, 2.75) is 90.4 Å². The molecule has 0 spiro atoms. The van der Waals surface area contributed by atoms with Gasteiger partial charge in [-0.3, -0.25) is 9.59 Å². The van der Waals surface area contributed by atoms with Crippen LogP contribution in [0.2, 0.25) is 0 Å². The number of carbonyl (C=O) groups is 2. The quantitative estimate of drug-likeness (QED) is 0.155. The van der Waals surface area contributed by atoms with Crippen LogP contribution in [-0.2, 0) is 17.4 Å². The molecule has 0 N–H and O–H groups in total. The van der Waals surface area contributed by atoms with Crippen LogP contribution >= 0.6 is 23.0 Å². The molecular formula is C17H32INaO4. The monoisotopic (exact) mass is 450 g/mol. The van der Waals surface area contributed by atoms with Gasteiger partial charge in [-0.1, -0.05) is 71.1 Å². The summed E-state index contributed by atoms with van der Waals surface area (Å²) >= 11 is 1.52. The number of hydrogen-bond acceptors (Lipinski definition) is 4. The number of rotatable bonds is 15. The van der Waals surface area contributed by atoms with Crippen LogP contribution in [-0.4, -0.2) is 48.1 Å². The van der Waals surface area contributed by atoms with Crippen molar-refractivity contribution in [2.24, 2.45) is 0 Å². The molecule has 0 saturated heterocycles. The third-order valence-corrected chi connectivity index (χ3v) is 4.12. The van der Waals surface area contributed by atoms with Crippen molar-refractivity contribution in [3.8, 4) is 0 Å². The van der Waals surface area contributed by atoms with Crippen LogP contribution in [0.15, 0.2) is 0 Å². The van der Waals surface area contributed by atoms with Gasteiger partial charge in [-0.25, -0.2) is 0 Å². The zero-order valence-corrected chi connectivity index (χ0v) is 16.1. The van der Waals surface area contributed by atoms with Crippen LogP contribution in [0.4, 0.5) is 0 Å². The first-order chi connectivity index (χ1) is 10.7. The fraction of sp³-hybridized carbons (Fsp3) is 0.882. The molecule has 0 bridgehead atoms. The summed E-state index contributed by atoms with van der Waals surface area (Å²) < 4.78 is 9.51. The molecule has 0 heterocycles. The summed E-state index contributed by atoms with van der Waals surface area (Å²) in [6.07, 6.45) is 14.2. The third kappa shape index (κ3) is 20.6. The molecule has 0 aliphatic rings. The van der Waals surface area contributed by atoms with E-state index in [1.54, 1.807) is 0 Å². The topological polar surface area (TPSA) is 52.6 Å². The number of unbranched alkanes of at least 4 members (excludes halogenated alkanes) is 10. The van der Waals surface area contributed by atoms with Gasteiger partial charge in [0.25, 0.3) is 0 Å². The molecular weight excluding hydrogens is 418 g/mol. The van der Waals surface area contributed by atoms with Crippen LogP contribution in [0.3, 0.4) is 0 Å². The Kier molecular flexibility index (Phi) is 23.3. The summed E-state index contributed by atoms with van der Waals surface area (Å²) in [4.78, 5) is 22.2. The summed E-state index contributed by atoms with van der Waals surface area (Å²) in [6, 6.07) is 0. The van der Waals surface area contributed by atoms with Crippen molar-refractivity contribution in [2.75, 3.05) is 6.61 Å². The number of ether oxygens (including phenoxy) is 1. The molecule has 0 unspecified atom stereocenters. The molecule has 0 aliphatic carbocycles. The molecule has 0 aromatic rings. The van der Waals surface area contributed by atoms with Gasteiger partial charge in [-0.15, -0.1) is 0 Å². The van der Waals surface area contributed by atoms with Crippen LogP contribution in [0, 0.1) is 0 Å². The standard InChI is InChI=1S/C17H31IO4.Na.H/c1-2-3-4-5-6-7-8-9-10-11-12-15-21-16(19)13-14-17(20)22-18;;/h2-15H2,1H3;;. The molecule has 0 radical (unpaired) electrons. The van der Waals surface area contributed by atoms with E-state index in [-0.39, 0.29) is 54.3 Å². The predicted molar refractivity (Wildman–Crippen MR) is 104 cm³/mol.